The lowest BCUT2D eigenvalue weighted by Gasteiger charge is -1.98. The molecule has 2 N–H and O–H groups in total. The maximum atomic E-state index is 8.72. The Morgan fingerprint density at radius 1 is 1.29 bits per heavy atom. The fourth-order valence-electron chi connectivity index (χ4n) is 1.04. The molecule has 0 aliphatic carbocycles. The van der Waals surface area contributed by atoms with E-state index in [0.29, 0.717) is 0 Å². The number of nitrogens with zero attached hydrogens (tertiary/aromatic N) is 3. The van der Waals surface area contributed by atoms with Gasteiger partial charge in [-0.2, -0.15) is 10.5 Å². The highest BCUT2D eigenvalue weighted by atomic mass is 16.5. The summed E-state index contributed by atoms with van der Waals surface area (Å²) >= 11 is 0. The molecule has 84 valence electrons. The number of methoxy groups -OCH3 is 1. The van der Waals surface area contributed by atoms with Crippen LogP contribution in [0.4, 0.5) is 0 Å². The van der Waals surface area contributed by atoms with Crippen molar-refractivity contribution in [3.63, 3.8) is 0 Å². The molecule has 17 heavy (non-hydrogen) atoms. The number of hydrogen-bond donors (Lipinski definition) is 1. The molecule has 0 heterocycles. The van der Waals surface area contributed by atoms with E-state index in [4.69, 9.17) is 21.0 Å². The van der Waals surface area contributed by atoms with Crippen molar-refractivity contribution in [2.75, 3.05) is 7.11 Å². The molecule has 1 aromatic rings. The number of rotatable bonds is 3. The normalized spacial score (nSPS) is 11.5. The van der Waals surface area contributed by atoms with Gasteiger partial charge in [-0.25, -0.2) is 4.99 Å². The third-order valence-electron chi connectivity index (χ3n) is 1.94. The van der Waals surface area contributed by atoms with Gasteiger partial charge in [-0.3, -0.25) is 0 Å². The molecule has 0 unspecified atom stereocenters. The summed E-state index contributed by atoms with van der Waals surface area (Å²) < 4.78 is 5.00. The molecule has 1 rings (SSSR count). The van der Waals surface area contributed by atoms with E-state index < -0.39 is 0 Å². The van der Waals surface area contributed by atoms with Crippen molar-refractivity contribution in [1.82, 2.24) is 0 Å². The highest BCUT2D eigenvalue weighted by molar-refractivity contribution is 5.81. The van der Waals surface area contributed by atoms with E-state index in [0.717, 1.165) is 11.3 Å². The van der Waals surface area contributed by atoms with E-state index in [9.17, 15) is 0 Å². The fraction of sp³-hybridized carbons (Fsp3) is 0.0833. The minimum Gasteiger partial charge on any atom is -0.497 e. The van der Waals surface area contributed by atoms with Crippen LogP contribution in [0, 0.1) is 22.7 Å². The quantitative estimate of drug-likeness (QED) is 0.621. The summed E-state index contributed by atoms with van der Waals surface area (Å²) in [5.41, 5.74) is 5.79. The molecule has 1 aromatic carbocycles. The van der Waals surface area contributed by atoms with Crippen molar-refractivity contribution in [3.05, 3.63) is 41.2 Å². The highest BCUT2D eigenvalue weighted by Crippen LogP contribution is 2.10. The molecule has 0 saturated heterocycles. The van der Waals surface area contributed by atoms with Crippen LogP contribution in [-0.4, -0.2) is 13.3 Å². The van der Waals surface area contributed by atoms with Gasteiger partial charge in [0.05, 0.1) is 7.11 Å². The number of nitriles is 2. The Hall–Kier alpha value is -2.79. The van der Waals surface area contributed by atoms with Crippen LogP contribution in [0.1, 0.15) is 5.56 Å². The molecule has 0 spiro atoms. The van der Waals surface area contributed by atoms with Crippen LogP contribution in [0.2, 0.25) is 0 Å². The first-order chi connectivity index (χ1) is 8.21. The largest absolute Gasteiger partial charge is 0.497 e. The van der Waals surface area contributed by atoms with E-state index in [1.165, 1.54) is 6.21 Å². The smallest absolute Gasteiger partial charge is 0.174 e. The zero-order valence-electron chi connectivity index (χ0n) is 9.21. The molecular weight excluding hydrogens is 216 g/mol. The average Bonchev–Trinajstić information content (AvgIpc) is 2.39. The van der Waals surface area contributed by atoms with Gasteiger partial charge in [0.25, 0.3) is 0 Å². The summed E-state index contributed by atoms with van der Waals surface area (Å²) in [5.74, 6) is 0.731. The van der Waals surface area contributed by atoms with E-state index in [1.807, 2.05) is 0 Å². The predicted molar refractivity (Wildman–Crippen MR) is 63.0 cm³/mol. The Morgan fingerprint density at radius 2 is 1.94 bits per heavy atom. The summed E-state index contributed by atoms with van der Waals surface area (Å²) in [7, 11) is 1.58. The summed E-state index contributed by atoms with van der Waals surface area (Å²) in [6.07, 6.45) is 1.46. The molecule has 0 bridgehead atoms. The lowest BCUT2D eigenvalue weighted by atomic mass is 10.2. The van der Waals surface area contributed by atoms with Crippen molar-refractivity contribution in [2.45, 2.75) is 0 Å². The van der Waals surface area contributed by atoms with Crippen molar-refractivity contribution in [1.29, 1.82) is 10.5 Å². The number of allylic oxidation sites excluding steroid dienone is 2. The Bertz CT molecular complexity index is 529. The molecule has 0 saturated carbocycles. The summed E-state index contributed by atoms with van der Waals surface area (Å²) in [4.78, 5) is 3.84. The number of benzene rings is 1. The van der Waals surface area contributed by atoms with Gasteiger partial charge in [0, 0.05) is 6.21 Å². The maximum absolute atomic E-state index is 8.72. The molecule has 0 aliphatic heterocycles. The summed E-state index contributed by atoms with van der Waals surface area (Å²) in [6, 6.07) is 10.5. The third-order valence-corrected chi connectivity index (χ3v) is 1.94. The Morgan fingerprint density at radius 3 is 2.41 bits per heavy atom. The first kappa shape index (κ1) is 12.3. The van der Waals surface area contributed by atoms with Gasteiger partial charge in [-0.15, -0.1) is 0 Å². The molecule has 5 heteroatoms. The lowest BCUT2D eigenvalue weighted by molar-refractivity contribution is 0.415. The minimum absolute atomic E-state index is 0.0941. The van der Waals surface area contributed by atoms with E-state index >= 15 is 0 Å². The van der Waals surface area contributed by atoms with Gasteiger partial charge in [0.2, 0.25) is 0 Å². The summed E-state index contributed by atoms with van der Waals surface area (Å²) in [5, 5.41) is 17.2. The Balaban J connectivity index is 2.91. The minimum atomic E-state index is -0.197. The van der Waals surface area contributed by atoms with Gasteiger partial charge in [0.15, 0.2) is 5.70 Å². The molecule has 5 nitrogen and oxygen atoms in total. The van der Waals surface area contributed by atoms with E-state index in [-0.39, 0.29) is 11.4 Å². The van der Waals surface area contributed by atoms with Crippen LogP contribution in [0.5, 0.6) is 5.75 Å². The highest BCUT2D eigenvalue weighted by Gasteiger charge is 1.98. The van der Waals surface area contributed by atoms with Crippen molar-refractivity contribution in [2.24, 2.45) is 10.7 Å². The second-order valence-corrected chi connectivity index (χ2v) is 3.02. The molecule has 0 aliphatic rings. The van der Waals surface area contributed by atoms with E-state index in [2.05, 4.69) is 4.99 Å². The van der Waals surface area contributed by atoms with Crippen LogP contribution >= 0.6 is 0 Å². The first-order valence-electron chi connectivity index (χ1n) is 4.69. The number of hydrogen-bond acceptors (Lipinski definition) is 5. The first-order valence-corrected chi connectivity index (χ1v) is 4.69. The standard InChI is InChI=1S/C12H10N4O/c1-17-10-4-2-9(3-5-10)8-16-12(7-14)11(15)6-13/h2-5,8H,15H2,1H3/b12-11+,16-8+. The number of ether oxygens (including phenoxy) is 1. The van der Waals surface area contributed by atoms with Crippen LogP contribution in [0.25, 0.3) is 0 Å². The second kappa shape index (κ2) is 5.94. The number of nitrogens with two attached hydrogens (primary N) is 1. The Kier molecular flexibility index (Phi) is 4.29. The number of aliphatic imine (C=N–C) groups is 1. The van der Waals surface area contributed by atoms with Crippen LogP contribution in [-0.2, 0) is 0 Å². The van der Waals surface area contributed by atoms with Gasteiger partial charge in [-0.1, -0.05) is 0 Å². The topological polar surface area (TPSA) is 95.2 Å². The molecular formula is C12H10N4O. The van der Waals surface area contributed by atoms with Crippen molar-refractivity contribution >= 4 is 6.21 Å². The van der Waals surface area contributed by atoms with Crippen molar-refractivity contribution in [3.8, 4) is 17.9 Å². The van der Waals surface area contributed by atoms with Crippen LogP contribution in [0.3, 0.4) is 0 Å². The van der Waals surface area contributed by atoms with Crippen molar-refractivity contribution < 1.29 is 4.74 Å². The molecule has 0 atom stereocenters. The van der Waals surface area contributed by atoms with Crippen LogP contribution in [0.15, 0.2) is 40.7 Å². The van der Waals surface area contributed by atoms with Gasteiger partial charge >= 0.3 is 0 Å². The summed E-state index contributed by atoms with van der Waals surface area (Å²) in [6.45, 7) is 0. The third kappa shape index (κ3) is 3.37. The second-order valence-electron chi connectivity index (χ2n) is 3.02. The predicted octanol–water partition coefficient (Wildman–Crippen LogP) is 1.33. The van der Waals surface area contributed by atoms with Gasteiger partial charge in [0.1, 0.15) is 23.6 Å². The van der Waals surface area contributed by atoms with Crippen LogP contribution < -0.4 is 10.5 Å². The zero-order chi connectivity index (χ0) is 12.7. The van der Waals surface area contributed by atoms with Gasteiger partial charge in [-0.05, 0) is 29.8 Å². The molecule has 0 aromatic heterocycles. The maximum Gasteiger partial charge on any atom is 0.174 e. The lowest BCUT2D eigenvalue weighted by Crippen LogP contribution is -1.97. The fourth-order valence-corrected chi connectivity index (χ4v) is 1.04. The SMILES string of the molecule is COc1ccc(/C=N/C(C#N)=C(/N)C#N)cc1. The average molecular weight is 226 g/mol. The zero-order valence-corrected chi connectivity index (χ0v) is 9.21. The monoisotopic (exact) mass is 226 g/mol. The van der Waals surface area contributed by atoms with E-state index in [1.54, 1.807) is 43.5 Å². The Labute approximate surface area is 99.1 Å². The van der Waals surface area contributed by atoms with Gasteiger partial charge < -0.3 is 10.5 Å². The molecule has 0 fully saturated rings. The molecule has 0 amide bonds. The molecule has 0 radical (unpaired) electrons.